The van der Waals surface area contributed by atoms with Gasteiger partial charge >= 0.3 is 0 Å². The summed E-state index contributed by atoms with van der Waals surface area (Å²) in [6, 6.07) is 0. The topological polar surface area (TPSA) is 38.1 Å². The smallest absolute Gasteiger partial charge is 0.274 e. The van der Waals surface area contributed by atoms with Crippen LogP contribution >= 0.6 is 0 Å². The van der Waals surface area contributed by atoms with Crippen LogP contribution in [0, 0.1) is 6.92 Å². The summed E-state index contributed by atoms with van der Waals surface area (Å²) < 4.78 is 1.70. The Hall–Kier alpha value is -1.32. The Kier molecular flexibility index (Phi) is 2.75. The van der Waals surface area contributed by atoms with Crippen molar-refractivity contribution in [3.63, 3.8) is 0 Å². The number of hydrogen-bond acceptors (Lipinski definition) is 2. The molecule has 0 spiro atoms. The van der Waals surface area contributed by atoms with Gasteiger partial charge in [0.2, 0.25) is 0 Å². The minimum absolute atomic E-state index is 0.0906. The van der Waals surface area contributed by atoms with Crippen LogP contribution in [0.4, 0.5) is 0 Å². The van der Waals surface area contributed by atoms with Crippen LogP contribution in [0.1, 0.15) is 35.3 Å². The fourth-order valence-electron chi connectivity index (χ4n) is 2.07. The van der Waals surface area contributed by atoms with E-state index in [-0.39, 0.29) is 5.91 Å². The zero-order valence-corrected chi connectivity index (χ0v) is 9.36. The Morgan fingerprint density at radius 3 is 2.53 bits per heavy atom. The highest BCUT2D eigenvalue weighted by atomic mass is 16.2. The summed E-state index contributed by atoms with van der Waals surface area (Å²) >= 11 is 0. The molecule has 82 valence electrons. The molecule has 1 fully saturated rings. The van der Waals surface area contributed by atoms with Crippen molar-refractivity contribution < 1.29 is 4.79 Å². The molecule has 4 heteroatoms. The number of nitrogens with zero attached hydrogens (tertiary/aromatic N) is 3. The molecule has 0 radical (unpaired) electrons. The third-order valence-electron chi connectivity index (χ3n) is 2.86. The van der Waals surface area contributed by atoms with Gasteiger partial charge in [-0.2, -0.15) is 5.10 Å². The maximum Gasteiger partial charge on any atom is 0.274 e. The first-order chi connectivity index (χ1) is 7.18. The lowest BCUT2D eigenvalue weighted by Crippen LogP contribution is -2.36. The molecule has 1 saturated heterocycles. The van der Waals surface area contributed by atoms with Gasteiger partial charge in [-0.25, -0.2) is 0 Å². The third kappa shape index (κ3) is 2.03. The Balaban J connectivity index is 2.16. The molecule has 1 aromatic rings. The molecule has 1 aliphatic rings. The molecule has 1 aliphatic heterocycles. The van der Waals surface area contributed by atoms with E-state index in [9.17, 15) is 4.79 Å². The monoisotopic (exact) mass is 207 g/mol. The van der Waals surface area contributed by atoms with Crippen LogP contribution < -0.4 is 0 Å². The number of aryl methyl sites for hydroxylation is 2. The number of carbonyl (C=O) groups excluding carboxylic acids is 1. The molecule has 0 bridgehead atoms. The summed E-state index contributed by atoms with van der Waals surface area (Å²) in [5, 5.41) is 4.21. The van der Waals surface area contributed by atoms with Crippen LogP contribution in [-0.2, 0) is 7.05 Å². The molecule has 15 heavy (non-hydrogen) atoms. The molecule has 2 heterocycles. The first-order valence-corrected chi connectivity index (χ1v) is 5.48. The Morgan fingerprint density at radius 1 is 1.33 bits per heavy atom. The largest absolute Gasteiger partial charge is 0.337 e. The minimum atomic E-state index is 0.0906. The van der Waals surface area contributed by atoms with Crippen LogP contribution in [0.5, 0.6) is 0 Å². The Labute approximate surface area is 89.9 Å². The fraction of sp³-hybridized carbons (Fsp3) is 0.636. The number of amides is 1. The standard InChI is InChI=1S/C11H17N3O/c1-9-8-13(2)12-10(9)11(15)14-6-4-3-5-7-14/h8H,3-7H2,1-2H3. The van der Waals surface area contributed by atoms with Crippen molar-refractivity contribution in [2.75, 3.05) is 13.1 Å². The third-order valence-corrected chi connectivity index (χ3v) is 2.86. The highest BCUT2D eigenvalue weighted by Gasteiger charge is 2.21. The van der Waals surface area contributed by atoms with Crippen LogP contribution in [0.15, 0.2) is 6.20 Å². The molecule has 1 aromatic heterocycles. The summed E-state index contributed by atoms with van der Waals surface area (Å²) in [5.41, 5.74) is 1.58. The summed E-state index contributed by atoms with van der Waals surface area (Å²) in [4.78, 5) is 14.0. The van der Waals surface area contributed by atoms with Crippen LogP contribution in [0.3, 0.4) is 0 Å². The Bertz CT molecular complexity index is 364. The van der Waals surface area contributed by atoms with Crippen molar-refractivity contribution in [1.82, 2.24) is 14.7 Å². The lowest BCUT2D eigenvalue weighted by molar-refractivity contribution is 0.0717. The number of aromatic nitrogens is 2. The molecule has 0 atom stereocenters. The van der Waals surface area contributed by atoms with Gasteiger partial charge in [0, 0.05) is 31.9 Å². The second-order valence-corrected chi connectivity index (χ2v) is 4.19. The van der Waals surface area contributed by atoms with Gasteiger partial charge < -0.3 is 4.90 Å². The van der Waals surface area contributed by atoms with E-state index in [1.807, 2.05) is 25.1 Å². The second kappa shape index (κ2) is 4.04. The van der Waals surface area contributed by atoms with Crippen molar-refractivity contribution in [1.29, 1.82) is 0 Å². The highest BCUT2D eigenvalue weighted by Crippen LogP contribution is 2.14. The number of rotatable bonds is 1. The minimum Gasteiger partial charge on any atom is -0.337 e. The van der Waals surface area contributed by atoms with Gasteiger partial charge in [0.25, 0.3) is 5.91 Å². The molecule has 0 N–H and O–H groups in total. The molecule has 2 rings (SSSR count). The number of carbonyl (C=O) groups is 1. The zero-order chi connectivity index (χ0) is 10.8. The fourth-order valence-corrected chi connectivity index (χ4v) is 2.07. The van der Waals surface area contributed by atoms with E-state index in [1.54, 1.807) is 4.68 Å². The number of piperidine rings is 1. The highest BCUT2D eigenvalue weighted by molar-refractivity contribution is 5.93. The quantitative estimate of drug-likeness (QED) is 0.697. The Morgan fingerprint density at radius 2 is 2.00 bits per heavy atom. The molecule has 1 amide bonds. The zero-order valence-electron chi connectivity index (χ0n) is 9.36. The van der Waals surface area contributed by atoms with E-state index in [2.05, 4.69) is 5.10 Å². The summed E-state index contributed by atoms with van der Waals surface area (Å²) in [6.07, 6.45) is 5.37. The van der Waals surface area contributed by atoms with E-state index in [0.29, 0.717) is 5.69 Å². The molecule has 0 unspecified atom stereocenters. The van der Waals surface area contributed by atoms with E-state index in [4.69, 9.17) is 0 Å². The molecular formula is C11H17N3O. The molecular weight excluding hydrogens is 190 g/mol. The van der Waals surface area contributed by atoms with E-state index in [0.717, 1.165) is 31.5 Å². The van der Waals surface area contributed by atoms with E-state index >= 15 is 0 Å². The summed E-state index contributed by atoms with van der Waals surface area (Å²) in [5.74, 6) is 0.0906. The van der Waals surface area contributed by atoms with Crippen molar-refractivity contribution in [3.8, 4) is 0 Å². The van der Waals surface area contributed by atoms with Crippen molar-refractivity contribution in [2.45, 2.75) is 26.2 Å². The lowest BCUT2D eigenvalue weighted by Gasteiger charge is -2.26. The average molecular weight is 207 g/mol. The van der Waals surface area contributed by atoms with Gasteiger partial charge in [-0.15, -0.1) is 0 Å². The van der Waals surface area contributed by atoms with Gasteiger partial charge in [0.1, 0.15) is 0 Å². The number of likely N-dealkylation sites (tertiary alicyclic amines) is 1. The normalized spacial score (nSPS) is 16.8. The predicted molar refractivity (Wildman–Crippen MR) is 57.7 cm³/mol. The molecule has 0 aromatic carbocycles. The summed E-state index contributed by atoms with van der Waals surface area (Å²) in [7, 11) is 1.85. The SMILES string of the molecule is Cc1cn(C)nc1C(=O)N1CCCCC1. The van der Waals surface area contributed by atoms with Crippen LogP contribution in [-0.4, -0.2) is 33.7 Å². The van der Waals surface area contributed by atoms with Crippen molar-refractivity contribution >= 4 is 5.91 Å². The maximum atomic E-state index is 12.1. The van der Waals surface area contributed by atoms with Gasteiger partial charge in [0.05, 0.1) is 0 Å². The van der Waals surface area contributed by atoms with Crippen molar-refractivity contribution in [2.24, 2.45) is 7.05 Å². The summed E-state index contributed by atoms with van der Waals surface area (Å²) in [6.45, 7) is 3.70. The molecule has 0 saturated carbocycles. The average Bonchev–Trinajstić information content (AvgIpc) is 2.58. The van der Waals surface area contributed by atoms with Crippen molar-refractivity contribution in [3.05, 3.63) is 17.5 Å². The maximum absolute atomic E-state index is 12.1. The van der Waals surface area contributed by atoms with Gasteiger partial charge in [-0.3, -0.25) is 9.48 Å². The number of hydrogen-bond donors (Lipinski definition) is 0. The van der Waals surface area contributed by atoms with Gasteiger partial charge in [-0.1, -0.05) is 0 Å². The van der Waals surface area contributed by atoms with Gasteiger partial charge in [0.15, 0.2) is 5.69 Å². The first kappa shape index (κ1) is 10.2. The van der Waals surface area contributed by atoms with Crippen LogP contribution in [0.2, 0.25) is 0 Å². The van der Waals surface area contributed by atoms with Crippen LogP contribution in [0.25, 0.3) is 0 Å². The lowest BCUT2D eigenvalue weighted by atomic mass is 10.1. The van der Waals surface area contributed by atoms with E-state index < -0.39 is 0 Å². The first-order valence-electron chi connectivity index (χ1n) is 5.48. The molecule has 0 aliphatic carbocycles. The van der Waals surface area contributed by atoms with Gasteiger partial charge in [-0.05, 0) is 26.2 Å². The second-order valence-electron chi connectivity index (χ2n) is 4.19. The predicted octanol–water partition coefficient (Wildman–Crippen LogP) is 1.35. The van der Waals surface area contributed by atoms with E-state index in [1.165, 1.54) is 6.42 Å². The molecule has 4 nitrogen and oxygen atoms in total.